The van der Waals surface area contributed by atoms with Gasteiger partial charge in [0.25, 0.3) is 5.92 Å². The number of nitrogens with one attached hydrogen (secondary N) is 1. The van der Waals surface area contributed by atoms with Gasteiger partial charge in [0.1, 0.15) is 29.5 Å². The standard InChI is InChI=1S/C25H23F5N4O5S/c1-38-11-12-6-15(21-16(27)8-13(26)9-17(21)28)22-18(7-12)39-31-23(22)33-5-4-20-25(29,30)19(10-34(20)24(33)35)32-40(36,37)14-2-3-14/h6-9,14,19-20,32H,2-5,10-11H2,1H3/t19-,20-/m1/s1. The number of amides is 2. The topological polar surface area (TPSA) is 105 Å². The molecule has 3 aromatic rings. The minimum absolute atomic E-state index is 0.00741. The van der Waals surface area contributed by atoms with Crippen LogP contribution in [0.3, 0.4) is 0 Å². The molecule has 40 heavy (non-hydrogen) atoms. The third kappa shape index (κ3) is 4.30. The molecular weight excluding hydrogens is 563 g/mol. The predicted octanol–water partition coefficient (Wildman–Crippen LogP) is 4.16. The molecule has 0 bridgehead atoms. The van der Waals surface area contributed by atoms with Gasteiger partial charge in [-0.05, 0) is 37.0 Å². The summed E-state index contributed by atoms with van der Waals surface area (Å²) in [5.41, 5.74) is -0.240. The molecule has 3 fully saturated rings. The maximum Gasteiger partial charge on any atom is 0.326 e. The van der Waals surface area contributed by atoms with Crippen molar-refractivity contribution in [3.63, 3.8) is 0 Å². The average Bonchev–Trinajstić information content (AvgIpc) is 3.60. The third-order valence-electron chi connectivity index (χ3n) is 7.50. The van der Waals surface area contributed by atoms with Crippen molar-refractivity contribution in [3.8, 4) is 11.1 Å². The van der Waals surface area contributed by atoms with Gasteiger partial charge in [-0.25, -0.2) is 39.9 Å². The summed E-state index contributed by atoms with van der Waals surface area (Å²) in [6.45, 7) is -0.817. The average molecular weight is 587 g/mol. The van der Waals surface area contributed by atoms with E-state index < -0.39 is 68.9 Å². The van der Waals surface area contributed by atoms with Gasteiger partial charge in [0.05, 0.1) is 22.8 Å². The molecule has 0 spiro atoms. The summed E-state index contributed by atoms with van der Waals surface area (Å²) in [7, 11) is -2.56. The van der Waals surface area contributed by atoms with Crippen LogP contribution in [0.15, 0.2) is 28.8 Å². The van der Waals surface area contributed by atoms with Crippen LogP contribution in [0.5, 0.6) is 0 Å². The largest absolute Gasteiger partial charge is 0.380 e. The number of aromatic nitrogens is 1. The molecule has 2 saturated heterocycles. The molecular formula is C25H23F5N4O5S. The van der Waals surface area contributed by atoms with Crippen molar-refractivity contribution >= 4 is 32.8 Å². The van der Waals surface area contributed by atoms with Crippen molar-refractivity contribution in [1.29, 1.82) is 0 Å². The summed E-state index contributed by atoms with van der Waals surface area (Å²) in [5.74, 6) is -7.26. The Kier molecular flexibility index (Phi) is 6.31. The van der Waals surface area contributed by atoms with Gasteiger partial charge in [0.15, 0.2) is 11.4 Å². The van der Waals surface area contributed by atoms with Crippen LogP contribution in [0, 0.1) is 17.5 Å². The van der Waals surface area contributed by atoms with Gasteiger partial charge in [-0.1, -0.05) is 5.16 Å². The van der Waals surface area contributed by atoms with Crippen LogP contribution in [0.4, 0.5) is 32.6 Å². The molecule has 0 unspecified atom stereocenters. The quantitative estimate of drug-likeness (QED) is 0.417. The number of carbonyl (C=O) groups is 1. The number of benzene rings is 2. The molecule has 1 N–H and O–H groups in total. The van der Waals surface area contributed by atoms with Crippen molar-refractivity contribution in [3.05, 3.63) is 47.3 Å². The first-order valence-electron chi connectivity index (χ1n) is 12.5. The van der Waals surface area contributed by atoms with E-state index in [9.17, 15) is 26.4 Å². The Morgan fingerprint density at radius 3 is 2.48 bits per heavy atom. The first-order chi connectivity index (χ1) is 18.9. The highest BCUT2D eigenvalue weighted by molar-refractivity contribution is 7.90. The fourth-order valence-electron chi connectivity index (χ4n) is 5.48. The molecule has 2 amide bonds. The lowest BCUT2D eigenvalue weighted by molar-refractivity contribution is -0.0448. The van der Waals surface area contributed by atoms with Crippen molar-refractivity contribution in [2.45, 2.75) is 49.1 Å². The van der Waals surface area contributed by atoms with Crippen LogP contribution in [-0.2, 0) is 21.4 Å². The molecule has 214 valence electrons. The molecule has 1 aromatic heterocycles. The minimum Gasteiger partial charge on any atom is -0.380 e. The highest BCUT2D eigenvalue weighted by Gasteiger charge is 2.61. The van der Waals surface area contributed by atoms with Gasteiger partial charge >= 0.3 is 6.03 Å². The summed E-state index contributed by atoms with van der Waals surface area (Å²) in [6, 6.07) is -0.390. The Hall–Kier alpha value is -3.30. The molecule has 6 rings (SSSR count). The SMILES string of the molecule is COCc1cc(-c2c(F)cc(F)cc2F)c2c(N3CC[C@H]4N(C[C@@H](NS(=O)(=O)C5CC5)C4(F)F)C3=O)noc2c1. The normalized spacial score (nSPS) is 22.8. The van der Waals surface area contributed by atoms with Gasteiger partial charge in [-0.15, -0.1) is 0 Å². The molecule has 3 heterocycles. The smallest absolute Gasteiger partial charge is 0.326 e. The molecule has 2 atom stereocenters. The Labute approximate surface area is 224 Å². The fraction of sp³-hybridized carbons (Fsp3) is 0.440. The molecule has 1 aliphatic carbocycles. The molecule has 3 aliphatic rings. The molecule has 1 saturated carbocycles. The van der Waals surface area contributed by atoms with E-state index in [4.69, 9.17) is 9.26 Å². The first-order valence-corrected chi connectivity index (χ1v) is 14.0. The van der Waals surface area contributed by atoms with E-state index in [1.807, 2.05) is 0 Å². The predicted molar refractivity (Wildman–Crippen MR) is 132 cm³/mol. The van der Waals surface area contributed by atoms with E-state index in [0.29, 0.717) is 30.5 Å². The number of fused-ring (bicyclic) bond motifs is 2. The molecule has 15 heteroatoms. The van der Waals surface area contributed by atoms with Gasteiger partial charge in [0.2, 0.25) is 10.0 Å². The lowest BCUT2D eigenvalue weighted by Crippen LogP contribution is -2.56. The van der Waals surface area contributed by atoms with Crippen molar-refractivity contribution in [2.24, 2.45) is 0 Å². The van der Waals surface area contributed by atoms with Crippen LogP contribution in [0.1, 0.15) is 24.8 Å². The summed E-state index contributed by atoms with van der Waals surface area (Å²) in [5, 5.41) is 3.23. The third-order valence-corrected chi connectivity index (χ3v) is 9.46. The van der Waals surface area contributed by atoms with Gasteiger partial charge < -0.3 is 14.2 Å². The van der Waals surface area contributed by atoms with E-state index in [0.717, 1.165) is 9.80 Å². The first kappa shape index (κ1) is 26.9. The number of halogens is 5. The van der Waals surface area contributed by atoms with Crippen molar-refractivity contribution in [1.82, 2.24) is 14.8 Å². The summed E-state index contributed by atoms with van der Waals surface area (Å²) >= 11 is 0. The number of anilines is 1. The molecule has 0 radical (unpaired) electrons. The monoisotopic (exact) mass is 586 g/mol. The zero-order valence-corrected chi connectivity index (χ0v) is 21.8. The van der Waals surface area contributed by atoms with Crippen molar-refractivity contribution < 1.29 is 44.4 Å². The van der Waals surface area contributed by atoms with Gasteiger partial charge in [0, 0.05) is 37.9 Å². The lowest BCUT2D eigenvalue weighted by Gasteiger charge is -2.37. The fourth-order valence-corrected chi connectivity index (χ4v) is 7.05. The lowest BCUT2D eigenvalue weighted by atomic mass is 9.97. The highest BCUT2D eigenvalue weighted by atomic mass is 32.2. The van der Waals surface area contributed by atoms with Crippen LogP contribution in [0.2, 0.25) is 0 Å². The number of hydrogen-bond donors (Lipinski definition) is 1. The van der Waals surface area contributed by atoms with E-state index >= 15 is 8.78 Å². The van der Waals surface area contributed by atoms with Crippen LogP contribution >= 0.6 is 0 Å². The number of methoxy groups -OCH3 is 1. The van der Waals surface area contributed by atoms with Crippen LogP contribution in [0.25, 0.3) is 22.1 Å². The number of alkyl halides is 2. The van der Waals surface area contributed by atoms with Crippen molar-refractivity contribution in [2.75, 3.05) is 25.1 Å². The number of carbonyl (C=O) groups excluding carboxylic acids is 1. The van der Waals surface area contributed by atoms with E-state index in [1.165, 1.54) is 19.2 Å². The molecule has 2 aliphatic heterocycles. The summed E-state index contributed by atoms with van der Waals surface area (Å²) in [4.78, 5) is 15.5. The Morgan fingerprint density at radius 2 is 1.82 bits per heavy atom. The number of rotatable bonds is 7. The Morgan fingerprint density at radius 1 is 1.12 bits per heavy atom. The molecule has 9 nitrogen and oxygen atoms in total. The van der Waals surface area contributed by atoms with E-state index in [-0.39, 0.29) is 41.9 Å². The molecule has 2 aromatic carbocycles. The Bertz CT molecular complexity index is 1600. The number of ether oxygens (including phenoxy) is 1. The maximum absolute atomic E-state index is 15.3. The van der Waals surface area contributed by atoms with E-state index in [2.05, 4.69) is 9.88 Å². The number of sulfonamides is 1. The number of hydrogen-bond acceptors (Lipinski definition) is 6. The second-order valence-corrected chi connectivity index (χ2v) is 12.2. The maximum atomic E-state index is 15.3. The summed E-state index contributed by atoms with van der Waals surface area (Å²) < 4.78 is 111. The second kappa shape index (κ2) is 9.38. The second-order valence-electron chi connectivity index (χ2n) is 10.2. The van der Waals surface area contributed by atoms with E-state index in [1.54, 1.807) is 0 Å². The van der Waals surface area contributed by atoms with Crippen LogP contribution < -0.4 is 9.62 Å². The number of urea groups is 1. The minimum atomic E-state index is -3.96. The van der Waals surface area contributed by atoms with Gasteiger partial charge in [-0.3, -0.25) is 4.90 Å². The highest BCUT2D eigenvalue weighted by Crippen LogP contribution is 2.44. The number of nitrogens with zero attached hydrogens (tertiary/aromatic N) is 3. The Balaban J connectivity index is 1.40. The zero-order valence-electron chi connectivity index (χ0n) is 21.0. The van der Waals surface area contributed by atoms with Gasteiger partial charge in [-0.2, -0.15) is 0 Å². The van der Waals surface area contributed by atoms with Crippen LogP contribution in [-0.4, -0.2) is 68.0 Å². The summed E-state index contributed by atoms with van der Waals surface area (Å²) in [6.07, 6.45) is 0.526. The zero-order chi connectivity index (χ0) is 28.6.